The molecule has 0 saturated heterocycles. The van der Waals surface area contributed by atoms with Crippen molar-refractivity contribution in [3.05, 3.63) is 77.7 Å². The van der Waals surface area contributed by atoms with E-state index in [1.54, 1.807) is 36.4 Å². The first-order chi connectivity index (χ1) is 12.9. The maximum Gasteiger partial charge on any atom is 0.261 e. The van der Waals surface area contributed by atoms with Crippen LogP contribution in [0.5, 0.6) is 0 Å². The van der Waals surface area contributed by atoms with Crippen molar-refractivity contribution in [2.75, 3.05) is 10.0 Å². The van der Waals surface area contributed by atoms with E-state index in [1.165, 1.54) is 25.3 Å². The van der Waals surface area contributed by atoms with Crippen molar-refractivity contribution in [1.29, 1.82) is 5.26 Å². The normalized spacial score (nSPS) is 10.9. The summed E-state index contributed by atoms with van der Waals surface area (Å²) in [7, 11) is -3.84. The predicted molar refractivity (Wildman–Crippen MR) is 101 cm³/mol. The first-order valence-corrected chi connectivity index (χ1v) is 9.38. The highest BCUT2D eigenvalue weighted by Gasteiger charge is 2.15. The summed E-state index contributed by atoms with van der Waals surface area (Å²) in [6.45, 7) is 1.50. The molecule has 27 heavy (non-hydrogen) atoms. The summed E-state index contributed by atoms with van der Waals surface area (Å²) in [5.74, 6) is 0.0501. The van der Waals surface area contributed by atoms with Crippen LogP contribution < -0.4 is 10.0 Å². The molecule has 0 saturated carbocycles. The molecule has 0 aliphatic carbocycles. The third-order valence-electron chi connectivity index (χ3n) is 3.74. The Balaban J connectivity index is 1.72. The topological polar surface area (TPSA) is 94.9 Å². The van der Waals surface area contributed by atoms with E-state index in [0.717, 1.165) is 11.8 Å². The van der Waals surface area contributed by atoms with Gasteiger partial charge in [-0.05, 0) is 67.1 Å². The summed E-state index contributed by atoms with van der Waals surface area (Å²) in [6, 6.07) is 15.7. The summed E-state index contributed by atoms with van der Waals surface area (Å²) < 4.78 is 40.5. The van der Waals surface area contributed by atoms with Gasteiger partial charge in [-0.1, -0.05) is 0 Å². The number of rotatable bonds is 5. The molecule has 6 nitrogen and oxygen atoms in total. The molecule has 2 aromatic carbocycles. The van der Waals surface area contributed by atoms with Crippen LogP contribution in [0.4, 0.5) is 21.6 Å². The van der Waals surface area contributed by atoms with Crippen LogP contribution in [0.15, 0.2) is 65.7 Å². The van der Waals surface area contributed by atoms with E-state index >= 15 is 0 Å². The summed E-state index contributed by atoms with van der Waals surface area (Å²) in [5.41, 5.74) is 1.83. The lowest BCUT2D eigenvalue weighted by Crippen LogP contribution is -2.13. The number of sulfonamides is 1. The Morgan fingerprint density at radius 1 is 1.04 bits per heavy atom. The smallest absolute Gasteiger partial charge is 0.261 e. The SMILES string of the molecule is Cc1cc(S(=O)(=O)Nc2ccc(Nc3ccc(C#N)cc3)nc2)ccc1F. The molecule has 0 bridgehead atoms. The molecule has 0 spiro atoms. The standard InChI is InChI=1S/C19H15FN4O2S/c1-13-10-17(7-8-18(13)20)27(25,26)24-16-6-9-19(22-12-16)23-15-4-2-14(11-21)3-5-15/h2-10,12,24H,1H3,(H,22,23). The van der Waals surface area contributed by atoms with Crippen LogP contribution in [0.1, 0.15) is 11.1 Å². The summed E-state index contributed by atoms with van der Waals surface area (Å²) in [4.78, 5) is 4.14. The van der Waals surface area contributed by atoms with E-state index in [2.05, 4.69) is 15.0 Å². The molecule has 3 rings (SSSR count). The molecule has 136 valence electrons. The average Bonchev–Trinajstić information content (AvgIpc) is 2.66. The highest BCUT2D eigenvalue weighted by atomic mass is 32.2. The van der Waals surface area contributed by atoms with Gasteiger partial charge >= 0.3 is 0 Å². The van der Waals surface area contributed by atoms with E-state index in [-0.39, 0.29) is 16.1 Å². The Bertz CT molecular complexity index is 1110. The van der Waals surface area contributed by atoms with Gasteiger partial charge in [0.05, 0.1) is 28.4 Å². The Morgan fingerprint density at radius 3 is 2.33 bits per heavy atom. The van der Waals surface area contributed by atoms with E-state index in [9.17, 15) is 12.8 Å². The van der Waals surface area contributed by atoms with E-state index in [1.807, 2.05) is 6.07 Å². The minimum atomic E-state index is -3.84. The number of halogens is 1. The number of hydrogen-bond donors (Lipinski definition) is 2. The maximum atomic E-state index is 13.3. The van der Waals surface area contributed by atoms with Crippen LogP contribution >= 0.6 is 0 Å². The second-order valence-corrected chi connectivity index (χ2v) is 7.45. The van der Waals surface area contributed by atoms with E-state index in [0.29, 0.717) is 11.4 Å². The zero-order valence-electron chi connectivity index (χ0n) is 14.3. The zero-order valence-corrected chi connectivity index (χ0v) is 15.1. The third kappa shape index (κ3) is 4.40. The molecule has 0 aliphatic heterocycles. The van der Waals surface area contributed by atoms with Crippen LogP contribution in [0.2, 0.25) is 0 Å². The Morgan fingerprint density at radius 2 is 1.74 bits per heavy atom. The van der Waals surface area contributed by atoms with Crippen molar-refractivity contribution in [2.24, 2.45) is 0 Å². The number of nitriles is 1. The molecule has 2 N–H and O–H groups in total. The molecule has 8 heteroatoms. The molecule has 0 aliphatic rings. The molecule has 0 radical (unpaired) electrons. The van der Waals surface area contributed by atoms with E-state index in [4.69, 9.17) is 5.26 Å². The van der Waals surface area contributed by atoms with Gasteiger partial charge in [-0.2, -0.15) is 5.26 Å². The quantitative estimate of drug-likeness (QED) is 0.697. The number of nitrogens with zero attached hydrogens (tertiary/aromatic N) is 2. The molecule has 0 atom stereocenters. The first-order valence-electron chi connectivity index (χ1n) is 7.89. The summed E-state index contributed by atoms with van der Waals surface area (Å²) in [6.07, 6.45) is 1.37. The minimum Gasteiger partial charge on any atom is -0.340 e. The van der Waals surface area contributed by atoms with Gasteiger partial charge < -0.3 is 5.32 Å². The van der Waals surface area contributed by atoms with Crippen molar-refractivity contribution < 1.29 is 12.8 Å². The number of hydrogen-bond acceptors (Lipinski definition) is 5. The second-order valence-electron chi connectivity index (χ2n) is 5.76. The highest BCUT2D eigenvalue weighted by Crippen LogP contribution is 2.20. The van der Waals surface area contributed by atoms with E-state index < -0.39 is 15.8 Å². The molecule has 1 aromatic heterocycles. The van der Waals surface area contributed by atoms with Gasteiger partial charge in [0, 0.05) is 5.69 Å². The van der Waals surface area contributed by atoms with Gasteiger partial charge in [0.1, 0.15) is 11.6 Å². The largest absolute Gasteiger partial charge is 0.340 e. The minimum absolute atomic E-state index is 0.0267. The zero-order chi connectivity index (χ0) is 19.4. The van der Waals surface area contributed by atoms with Gasteiger partial charge in [-0.15, -0.1) is 0 Å². The lowest BCUT2D eigenvalue weighted by molar-refractivity contribution is 0.598. The number of aryl methyl sites for hydroxylation is 1. The lowest BCUT2D eigenvalue weighted by Gasteiger charge is -2.10. The summed E-state index contributed by atoms with van der Waals surface area (Å²) in [5, 5.41) is 11.8. The number of pyridine rings is 1. The van der Waals surface area contributed by atoms with Crippen LogP contribution in [0.3, 0.4) is 0 Å². The molecule has 0 amide bonds. The number of benzene rings is 2. The van der Waals surface area contributed by atoms with Crippen LogP contribution in [0.25, 0.3) is 0 Å². The van der Waals surface area contributed by atoms with Gasteiger partial charge in [-0.3, -0.25) is 4.72 Å². The third-order valence-corrected chi connectivity index (χ3v) is 5.12. The Hall–Kier alpha value is -3.44. The van der Waals surface area contributed by atoms with Crippen LogP contribution in [0, 0.1) is 24.1 Å². The lowest BCUT2D eigenvalue weighted by atomic mass is 10.2. The first kappa shape index (κ1) is 18.4. The Labute approximate surface area is 156 Å². The summed E-state index contributed by atoms with van der Waals surface area (Å²) >= 11 is 0. The van der Waals surface area contributed by atoms with Crippen molar-refractivity contribution in [1.82, 2.24) is 4.98 Å². The number of nitrogens with one attached hydrogen (secondary N) is 2. The van der Waals surface area contributed by atoms with Gasteiger partial charge in [0.25, 0.3) is 10.0 Å². The monoisotopic (exact) mass is 382 g/mol. The second kappa shape index (κ2) is 7.43. The predicted octanol–water partition coefficient (Wildman–Crippen LogP) is 3.95. The van der Waals surface area contributed by atoms with Gasteiger partial charge in [-0.25, -0.2) is 17.8 Å². The van der Waals surface area contributed by atoms with Gasteiger partial charge in [0.2, 0.25) is 0 Å². The number of anilines is 3. The van der Waals surface area contributed by atoms with Crippen molar-refractivity contribution in [3.8, 4) is 6.07 Å². The fourth-order valence-electron chi connectivity index (χ4n) is 2.30. The molecule has 1 heterocycles. The molecule has 0 fully saturated rings. The van der Waals surface area contributed by atoms with Crippen molar-refractivity contribution in [2.45, 2.75) is 11.8 Å². The van der Waals surface area contributed by atoms with Crippen LogP contribution in [-0.4, -0.2) is 13.4 Å². The Kier molecular flexibility index (Phi) is 5.05. The fourth-order valence-corrected chi connectivity index (χ4v) is 3.43. The number of aromatic nitrogens is 1. The molecule has 3 aromatic rings. The maximum absolute atomic E-state index is 13.3. The van der Waals surface area contributed by atoms with Crippen molar-refractivity contribution in [3.63, 3.8) is 0 Å². The highest BCUT2D eigenvalue weighted by molar-refractivity contribution is 7.92. The van der Waals surface area contributed by atoms with Gasteiger partial charge in [0.15, 0.2) is 0 Å². The average molecular weight is 382 g/mol. The van der Waals surface area contributed by atoms with Crippen molar-refractivity contribution >= 4 is 27.2 Å². The molecular weight excluding hydrogens is 367 g/mol. The molecular formula is C19H15FN4O2S. The molecule has 0 unspecified atom stereocenters. The fraction of sp³-hybridized carbons (Fsp3) is 0.0526. The van der Waals surface area contributed by atoms with Crippen LogP contribution in [-0.2, 0) is 10.0 Å².